The summed E-state index contributed by atoms with van der Waals surface area (Å²) in [6, 6.07) is 0. The lowest BCUT2D eigenvalue weighted by atomic mass is 9.91. The molecule has 1 aliphatic rings. The van der Waals surface area contributed by atoms with E-state index >= 15 is 0 Å². The summed E-state index contributed by atoms with van der Waals surface area (Å²) < 4.78 is 0. The molecule has 0 atom stereocenters. The van der Waals surface area contributed by atoms with E-state index in [4.69, 9.17) is 5.73 Å². The molecular formula is C12H18N2OS. The van der Waals surface area contributed by atoms with Crippen molar-refractivity contribution in [2.75, 3.05) is 0 Å². The summed E-state index contributed by atoms with van der Waals surface area (Å²) in [7, 11) is 0. The maximum Gasteiger partial charge on any atom is 0.140 e. The molecule has 0 aliphatic heterocycles. The van der Waals surface area contributed by atoms with Crippen LogP contribution < -0.4 is 5.73 Å². The standard InChI is InChI=1S/C12H18N2OS/c1-9-14-10(8-16-9)6-11(15)7-12(13)4-2-3-5-12/h8H,2-7,13H2,1H3. The molecule has 2 rings (SSSR count). The second kappa shape index (κ2) is 4.63. The molecule has 0 radical (unpaired) electrons. The van der Waals surface area contributed by atoms with E-state index in [1.165, 1.54) is 12.8 Å². The number of thiazole rings is 1. The zero-order valence-corrected chi connectivity index (χ0v) is 10.5. The minimum absolute atomic E-state index is 0.220. The maximum absolute atomic E-state index is 11.9. The number of nitrogens with zero attached hydrogens (tertiary/aromatic N) is 1. The van der Waals surface area contributed by atoms with Crippen LogP contribution in [0.3, 0.4) is 0 Å². The van der Waals surface area contributed by atoms with Gasteiger partial charge in [-0.1, -0.05) is 12.8 Å². The van der Waals surface area contributed by atoms with Gasteiger partial charge in [0, 0.05) is 23.8 Å². The zero-order valence-electron chi connectivity index (χ0n) is 9.66. The Hall–Kier alpha value is -0.740. The van der Waals surface area contributed by atoms with Crippen molar-refractivity contribution in [2.24, 2.45) is 5.73 Å². The molecule has 16 heavy (non-hydrogen) atoms. The fourth-order valence-corrected chi connectivity index (χ4v) is 3.02. The normalized spacial score (nSPS) is 18.9. The lowest BCUT2D eigenvalue weighted by Crippen LogP contribution is -2.39. The maximum atomic E-state index is 11.9. The van der Waals surface area contributed by atoms with Crippen molar-refractivity contribution >= 4 is 17.1 Å². The van der Waals surface area contributed by atoms with Crippen molar-refractivity contribution in [3.63, 3.8) is 0 Å². The van der Waals surface area contributed by atoms with Crippen LogP contribution >= 0.6 is 11.3 Å². The number of aryl methyl sites for hydroxylation is 1. The van der Waals surface area contributed by atoms with E-state index in [-0.39, 0.29) is 11.3 Å². The fraction of sp³-hybridized carbons (Fsp3) is 0.667. The highest BCUT2D eigenvalue weighted by molar-refractivity contribution is 7.09. The van der Waals surface area contributed by atoms with Crippen molar-refractivity contribution in [3.05, 3.63) is 16.1 Å². The minimum atomic E-state index is -0.220. The van der Waals surface area contributed by atoms with Gasteiger partial charge in [0.1, 0.15) is 5.78 Å². The molecular weight excluding hydrogens is 220 g/mol. The Kier molecular flexibility index (Phi) is 3.40. The third-order valence-corrected chi connectivity index (χ3v) is 4.02. The van der Waals surface area contributed by atoms with Crippen LogP contribution in [0.15, 0.2) is 5.38 Å². The molecule has 0 saturated heterocycles. The highest BCUT2D eigenvalue weighted by Gasteiger charge is 2.31. The number of carbonyl (C=O) groups excluding carboxylic acids is 1. The van der Waals surface area contributed by atoms with Crippen molar-refractivity contribution in [2.45, 2.75) is 51.0 Å². The van der Waals surface area contributed by atoms with Crippen LogP contribution in [0.25, 0.3) is 0 Å². The largest absolute Gasteiger partial charge is 0.325 e. The van der Waals surface area contributed by atoms with Gasteiger partial charge in [-0.15, -0.1) is 11.3 Å². The summed E-state index contributed by atoms with van der Waals surface area (Å²) in [5.41, 5.74) is 6.86. The van der Waals surface area contributed by atoms with Crippen LogP contribution in [0.5, 0.6) is 0 Å². The molecule has 1 aromatic rings. The summed E-state index contributed by atoms with van der Waals surface area (Å²) in [6.07, 6.45) is 5.29. The molecule has 1 aromatic heterocycles. The minimum Gasteiger partial charge on any atom is -0.325 e. The van der Waals surface area contributed by atoms with Crippen LogP contribution in [0.2, 0.25) is 0 Å². The first-order valence-corrected chi connectivity index (χ1v) is 6.67. The molecule has 0 bridgehead atoms. The predicted molar refractivity (Wildman–Crippen MR) is 65.6 cm³/mol. The van der Waals surface area contributed by atoms with Crippen molar-refractivity contribution in [1.29, 1.82) is 0 Å². The van der Waals surface area contributed by atoms with Crippen LogP contribution in [0, 0.1) is 6.92 Å². The van der Waals surface area contributed by atoms with E-state index < -0.39 is 0 Å². The zero-order chi connectivity index (χ0) is 11.6. The second-order valence-corrected chi connectivity index (χ2v) is 5.88. The SMILES string of the molecule is Cc1nc(CC(=O)CC2(N)CCCC2)cs1. The van der Waals surface area contributed by atoms with Crippen LogP contribution in [-0.4, -0.2) is 16.3 Å². The van der Waals surface area contributed by atoms with Crippen molar-refractivity contribution in [3.8, 4) is 0 Å². The summed E-state index contributed by atoms with van der Waals surface area (Å²) in [6.45, 7) is 1.96. The Morgan fingerprint density at radius 1 is 1.56 bits per heavy atom. The van der Waals surface area contributed by atoms with Gasteiger partial charge in [-0.3, -0.25) is 4.79 Å². The number of Topliss-reactive ketones (excluding diaryl/α,β-unsaturated/α-hetero) is 1. The Labute approximate surface area is 100 Å². The number of ketones is 1. The monoisotopic (exact) mass is 238 g/mol. The fourth-order valence-electron chi connectivity index (χ4n) is 2.40. The van der Waals surface area contributed by atoms with E-state index in [1.807, 2.05) is 12.3 Å². The summed E-state index contributed by atoms with van der Waals surface area (Å²) in [5, 5.41) is 2.98. The Morgan fingerprint density at radius 2 is 2.25 bits per heavy atom. The van der Waals surface area contributed by atoms with E-state index in [2.05, 4.69) is 4.98 Å². The van der Waals surface area contributed by atoms with E-state index in [9.17, 15) is 4.79 Å². The van der Waals surface area contributed by atoms with Crippen LogP contribution in [-0.2, 0) is 11.2 Å². The van der Waals surface area contributed by atoms with Gasteiger partial charge in [-0.2, -0.15) is 0 Å². The molecule has 1 saturated carbocycles. The number of nitrogens with two attached hydrogens (primary N) is 1. The lowest BCUT2D eigenvalue weighted by Gasteiger charge is -2.22. The molecule has 3 nitrogen and oxygen atoms in total. The molecule has 2 N–H and O–H groups in total. The third kappa shape index (κ3) is 2.89. The first-order valence-electron chi connectivity index (χ1n) is 5.79. The van der Waals surface area contributed by atoms with Crippen LogP contribution in [0.1, 0.15) is 42.8 Å². The molecule has 0 aromatic carbocycles. The predicted octanol–water partition coefficient (Wildman–Crippen LogP) is 2.22. The lowest BCUT2D eigenvalue weighted by molar-refractivity contribution is -0.119. The van der Waals surface area contributed by atoms with Crippen molar-refractivity contribution < 1.29 is 4.79 Å². The summed E-state index contributed by atoms with van der Waals surface area (Å²) in [5.74, 6) is 0.231. The summed E-state index contributed by atoms with van der Waals surface area (Å²) >= 11 is 1.59. The third-order valence-electron chi connectivity index (χ3n) is 3.19. The van der Waals surface area contributed by atoms with Crippen molar-refractivity contribution in [1.82, 2.24) is 4.98 Å². The van der Waals surface area contributed by atoms with Gasteiger partial charge < -0.3 is 5.73 Å². The molecule has 0 spiro atoms. The van der Waals surface area contributed by atoms with Gasteiger partial charge in [-0.05, 0) is 19.8 Å². The Morgan fingerprint density at radius 3 is 2.81 bits per heavy atom. The quantitative estimate of drug-likeness (QED) is 0.875. The summed E-state index contributed by atoms with van der Waals surface area (Å²) in [4.78, 5) is 16.2. The second-order valence-electron chi connectivity index (χ2n) is 4.82. The smallest absolute Gasteiger partial charge is 0.140 e. The molecule has 88 valence electrons. The van der Waals surface area contributed by atoms with Gasteiger partial charge >= 0.3 is 0 Å². The average molecular weight is 238 g/mol. The topological polar surface area (TPSA) is 56.0 Å². The van der Waals surface area contributed by atoms with Gasteiger partial charge in [0.05, 0.1) is 10.7 Å². The average Bonchev–Trinajstić information content (AvgIpc) is 2.75. The Bertz CT molecular complexity index is 380. The number of carbonyl (C=O) groups is 1. The molecule has 1 fully saturated rings. The van der Waals surface area contributed by atoms with E-state index in [1.54, 1.807) is 11.3 Å². The van der Waals surface area contributed by atoms with Gasteiger partial charge in [0.15, 0.2) is 0 Å². The first-order chi connectivity index (χ1) is 7.57. The molecule has 4 heteroatoms. The van der Waals surface area contributed by atoms with E-state index in [0.29, 0.717) is 12.8 Å². The van der Waals surface area contributed by atoms with Crippen LogP contribution in [0.4, 0.5) is 0 Å². The van der Waals surface area contributed by atoms with Gasteiger partial charge in [-0.25, -0.2) is 4.98 Å². The highest BCUT2D eigenvalue weighted by atomic mass is 32.1. The molecule has 1 heterocycles. The number of rotatable bonds is 4. The first kappa shape index (κ1) is 11.7. The number of hydrogen-bond acceptors (Lipinski definition) is 4. The van der Waals surface area contributed by atoms with Gasteiger partial charge in [0.2, 0.25) is 0 Å². The van der Waals surface area contributed by atoms with Gasteiger partial charge in [0.25, 0.3) is 0 Å². The number of aromatic nitrogens is 1. The molecule has 0 unspecified atom stereocenters. The Balaban J connectivity index is 1.89. The number of hydrogen-bond donors (Lipinski definition) is 1. The molecule has 0 amide bonds. The molecule has 1 aliphatic carbocycles. The highest BCUT2D eigenvalue weighted by Crippen LogP contribution is 2.30. The van der Waals surface area contributed by atoms with E-state index in [0.717, 1.165) is 23.5 Å².